The number of rotatable bonds is 5. The van der Waals surface area contributed by atoms with Crippen LogP contribution in [0.25, 0.3) is 0 Å². The Morgan fingerprint density at radius 2 is 2.32 bits per heavy atom. The molecule has 1 unspecified atom stereocenters. The molecule has 8 heteroatoms. The molecule has 3 N–H and O–H groups in total. The van der Waals surface area contributed by atoms with E-state index in [1.165, 1.54) is 18.2 Å². The highest BCUT2D eigenvalue weighted by Gasteiger charge is 2.33. The molecule has 0 saturated carbocycles. The first kappa shape index (κ1) is 16.9. The molecular formula is C14H19BrN4O3. The Labute approximate surface area is 137 Å². The molecule has 1 atom stereocenters. The van der Waals surface area contributed by atoms with Crippen LogP contribution in [0.4, 0.5) is 11.4 Å². The van der Waals surface area contributed by atoms with Gasteiger partial charge in [-0.1, -0.05) is 6.92 Å². The lowest BCUT2D eigenvalue weighted by Crippen LogP contribution is -2.35. The van der Waals surface area contributed by atoms with Crippen LogP contribution < -0.4 is 11.1 Å². The Bertz CT molecular complexity index is 595. The Hall–Kier alpha value is -1.51. The summed E-state index contributed by atoms with van der Waals surface area (Å²) in [5.41, 5.74) is 6.33. The van der Waals surface area contributed by atoms with E-state index in [-0.39, 0.29) is 17.0 Å². The Kier molecular flexibility index (Phi) is 5.15. The maximum atomic E-state index is 12.1. The third-order valence-electron chi connectivity index (χ3n) is 3.93. The van der Waals surface area contributed by atoms with E-state index in [4.69, 9.17) is 5.73 Å². The second-order valence-electron chi connectivity index (χ2n) is 5.94. The molecule has 1 aromatic carbocycles. The first-order chi connectivity index (χ1) is 10.3. The van der Waals surface area contributed by atoms with Gasteiger partial charge in [0, 0.05) is 23.2 Å². The summed E-state index contributed by atoms with van der Waals surface area (Å²) in [5, 5.41) is 13.5. The number of nitrogens with zero attached hydrogens (tertiary/aromatic N) is 2. The Balaban J connectivity index is 1.94. The van der Waals surface area contributed by atoms with Gasteiger partial charge in [-0.15, -0.1) is 0 Å². The number of nitro groups is 1. The van der Waals surface area contributed by atoms with Crippen LogP contribution in [0.3, 0.4) is 0 Å². The van der Waals surface area contributed by atoms with Crippen LogP contribution in [0.15, 0.2) is 22.7 Å². The van der Waals surface area contributed by atoms with Crippen molar-refractivity contribution in [2.24, 2.45) is 11.1 Å². The van der Waals surface area contributed by atoms with E-state index in [0.29, 0.717) is 23.2 Å². The molecule has 1 saturated heterocycles. The van der Waals surface area contributed by atoms with Crippen molar-refractivity contribution in [2.45, 2.75) is 13.3 Å². The molecule has 1 amide bonds. The Morgan fingerprint density at radius 3 is 2.86 bits per heavy atom. The highest BCUT2D eigenvalue weighted by Crippen LogP contribution is 2.29. The number of hydrogen-bond donors (Lipinski definition) is 2. The van der Waals surface area contributed by atoms with Gasteiger partial charge in [0.25, 0.3) is 5.69 Å². The molecule has 0 bridgehead atoms. The number of nitrogens with two attached hydrogens (primary N) is 1. The summed E-state index contributed by atoms with van der Waals surface area (Å²) in [5.74, 6) is -0.143. The van der Waals surface area contributed by atoms with Crippen LogP contribution in [-0.2, 0) is 4.79 Å². The van der Waals surface area contributed by atoms with Crippen molar-refractivity contribution in [2.75, 3.05) is 31.5 Å². The summed E-state index contributed by atoms with van der Waals surface area (Å²) in [7, 11) is 0. The van der Waals surface area contributed by atoms with E-state index in [1.807, 2.05) is 0 Å². The van der Waals surface area contributed by atoms with Gasteiger partial charge in [0.15, 0.2) is 0 Å². The highest BCUT2D eigenvalue weighted by molar-refractivity contribution is 9.10. The molecule has 1 aromatic rings. The fraction of sp³-hybridized carbons (Fsp3) is 0.500. The molecule has 0 aromatic heterocycles. The predicted molar refractivity (Wildman–Crippen MR) is 87.6 cm³/mol. The number of carbonyl (C=O) groups is 1. The second kappa shape index (κ2) is 6.72. The predicted octanol–water partition coefficient (Wildman–Crippen LogP) is 1.97. The van der Waals surface area contributed by atoms with Crippen molar-refractivity contribution in [1.29, 1.82) is 0 Å². The molecule has 1 aliphatic rings. The van der Waals surface area contributed by atoms with Crippen molar-refractivity contribution in [3.05, 3.63) is 32.8 Å². The minimum Gasteiger partial charge on any atom is -0.330 e. The molecule has 1 aliphatic heterocycles. The third-order valence-corrected chi connectivity index (χ3v) is 4.59. The number of nitrogens with one attached hydrogen (secondary N) is 1. The molecule has 0 radical (unpaired) electrons. The number of likely N-dealkylation sites (tertiary alicyclic amines) is 1. The van der Waals surface area contributed by atoms with Crippen LogP contribution in [0.5, 0.6) is 0 Å². The van der Waals surface area contributed by atoms with Crippen molar-refractivity contribution >= 4 is 33.2 Å². The quantitative estimate of drug-likeness (QED) is 0.609. The third kappa shape index (κ3) is 4.02. The van der Waals surface area contributed by atoms with Gasteiger partial charge in [-0.05, 0) is 46.9 Å². The number of benzene rings is 1. The zero-order valence-corrected chi connectivity index (χ0v) is 13.9. The average molecular weight is 371 g/mol. The van der Waals surface area contributed by atoms with Crippen LogP contribution in [-0.4, -0.2) is 41.9 Å². The van der Waals surface area contributed by atoms with E-state index in [9.17, 15) is 14.9 Å². The minimum absolute atomic E-state index is 0.0249. The van der Waals surface area contributed by atoms with Crippen LogP contribution in [0, 0.1) is 15.5 Å². The summed E-state index contributed by atoms with van der Waals surface area (Å²) in [6, 6.07) is 4.26. The monoisotopic (exact) mass is 370 g/mol. The Morgan fingerprint density at radius 1 is 1.59 bits per heavy atom. The van der Waals surface area contributed by atoms with Gasteiger partial charge < -0.3 is 11.1 Å². The van der Waals surface area contributed by atoms with Gasteiger partial charge in [-0.25, -0.2) is 0 Å². The number of halogens is 1. The first-order valence-corrected chi connectivity index (χ1v) is 7.78. The molecule has 2 rings (SSSR count). The SMILES string of the molecule is CC1(CN)CCN(CC(=O)Nc2ccc([N+](=O)[O-])cc2Br)C1. The average Bonchev–Trinajstić information content (AvgIpc) is 2.83. The minimum atomic E-state index is -0.478. The molecular weight excluding hydrogens is 352 g/mol. The van der Waals surface area contributed by atoms with E-state index >= 15 is 0 Å². The summed E-state index contributed by atoms with van der Waals surface area (Å²) < 4.78 is 0.489. The zero-order valence-electron chi connectivity index (χ0n) is 12.3. The number of carbonyl (C=O) groups excluding carboxylic acids is 1. The van der Waals surface area contributed by atoms with E-state index < -0.39 is 4.92 Å². The molecule has 0 spiro atoms. The lowest BCUT2D eigenvalue weighted by Gasteiger charge is -2.22. The van der Waals surface area contributed by atoms with Gasteiger partial charge in [0.1, 0.15) is 0 Å². The second-order valence-corrected chi connectivity index (χ2v) is 6.80. The fourth-order valence-electron chi connectivity index (χ4n) is 2.54. The van der Waals surface area contributed by atoms with E-state index in [0.717, 1.165) is 19.5 Å². The molecule has 1 fully saturated rings. The van der Waals surface area contributed by atoms with Crippen LogP contribution in [0.2, 0.25) is 0 Å². The lowest BCUT2D eigenvalue weighted by molar-refractivity contribution is -0.384. The maximum absolute atomic E-state index is 12.1. The highest BCUT2D eigenvalue weighted by atomic mass is 79.9. The first-order valence-electron chi connectivity index (χ1n) is 6.99. The van der Waals surface area contributed by atoms with Crippen molar-refractivity contribution in [1.82, 2.24) is 4.90 Å². The molecule has 120 valence electrons. The van der Waals surface area contributed by atoms with Crippen molar-refractivity contribution < 1.29 is 9.72 Å². The largest absolute Gasteiger partial charge is 0.330 e. The van der Waals surface area contributed by atoms with E-state index in [1.54, 1.807) is 0 Å². The topological polar surface area (TPSA) is 102 Å². The van der Waals surface area contributed by atoms with Gasteiger partial charge in [-0.2, -0.15) is 0 Å². The molecule has 22 heavy (non-hydrogen) atoms. The number of amides is 1. The summed E-state index contributed by atoms with van der Waals surface area (Å²) in [4.78, 5) is 24.4. The zero-order chi connectivity index (χ0) is 16.3. The van der Waals surface area contributed by atoms with Crippen LogP contribution in [0.1, 0.15) is 13.3 Å². The van der Waals surface area contributed by atoms with Crippen molar-refractivity contribution in [3.8, 4) is 0 Å². The lowest BCUT2D eigenvalue weighted by atomic mass is 9.90. The van der Waals surface area contributed by atoms with Gasteiger partial charge in [-0.3, -0.25) is 19.8 Å². The van der Waals surface area contributed by atoms with Gasteiger partial charge in [0.2, 0.25) is 5.91 Å². The van der Waals surface area contributed by atoms with E-state index in [2.05, 4.69) is 33.1 Å². The van der Waals surface area contributed by atoms with Gasteiger partial charge in [0.05, 0.1) is 17.2 Å². The number of hydrogen-bond acceptors (Lipinski definition) is 5. The number of nitro benzene ring substituents is 1. The maximum Gasteiger partial charge on any atom is 0.270 e. The van der Waals surface area contributed by atoms with Crippen LogP contribution >= 0.6 is 15.9 Å². The smallest absolute Gasteiger partial charge is 0.270 e. The van der Waals surface area contributed by atoms with Crippen molar-refractivity contribution in [3.63, 3.8) is 0 Å². The summed E-state index contributed by atoms with van der Waals surface area (Å²) in [6.45, 7) is 4.68. The fourth-order valence-corrected chi connectivity index (χ4v) is 3.01. The van der Waals surface area contributed by atoms with Gasteiger partial charge >= 0.3 is 0 Å². The molecule has 1 heterocycles. The molecule has 0 aliphatic carbocycles. The number of non-ortho nitro benzene ring substituents is 1. The summed E-state index contributed by atoms with van der Waals surface area (Å²) in [6.07, 6.45) is 0.984. The number of anilines is 1. The standard InChI is InChI=1S/C14H19BrN4O3/c1-14(8-16)4-5-18(9-14)7-13(20)17-12-3-2-10(19(21)22)6-11(12)15/h2-3,6H,4-5,7-9,16H2,1H3,(H,17,20). The normalized spacial score (nSPS) is 21.8. The summed E-state index contributed by atoms with van der Waals surface area (Å²) >= 11 is 3.24. The molecule has 7 nitrogen and oxygen atoms in total.